The lowest BCUT2D eigenvalue weighted by molar-refractivity contribution is -0.236. The first-order chi connectivity index (χ1) is 16.9. The highest BCUT2D eigenvalue weighted by atomic mass is 127. The van der Waals surface area contributed by atoms with Gasteiger partial charge in [0.2, 0.25) is 12.4 Å². The van der Waals surface area contributed by atoms with Crippen molar-refractivity contribution in [2.24, 2.45) is 0 Å². The Bertz CT molecular complexity index is 1150. The van der Waals surface area contributed by atoms with Gasteiger partial charge in [0.1, 0.15) is 0 Å². The zero-order valence-corrected chi connectivity index (χ0v) is 20.9. The van der Waals surface area contributed by atoms with Crippen LogP contribution in [0.1, 0.15) is 38.0 Å². The lowest BCUT2D eigenvalue weighted by Crippen LogP contribution is -2.58. The van der Waals surface area contributed by atoms with Crippen LogP contribution in [0.15, 0.2) is 91.0 Å². The molecule has 8 heteroatoms. The molecule has 35 heavy (non-hydrogen) atoms. The van der Waals surface area contributed by atoms with E-state index in [4.69, 9.17) is 18.9 Å². The third kappa shape index (κ3) is 6.07. The summed E-state index contributed by atoms with van der Waals surface area (Å²) >= 11 is 2.10. The summed E-state index contributed by atoms with van der Waals surface area (Å²) in [5.74, 6) is -1.89. The summed E-state index contributed by atoms with van der Waals surface area (Å²) in [6, 6.07) is 25.3. The Balaban J connectivity index is 1.63. The average molecular weight is 586 g/mol. The highest BCUT2D eigenvalue weighted by Crippen LogP contribution is 2.33. The zero-order valence-electron chi connectivity index (χ0n) is 18.8. The third-order valence-corrected chi connectivity index (χ3v) is 7.16. The van der Waals surface area contributed by atoms with E-state index in [0.29, 0.717) is 16.7 Å². The minimum absolute atomic E-state index is 0.303. The maximum atomic E-state index is 12.9. The topological polar surface area (TPSA) is 88.1 Å². The molecule has 0 N–H and O–H groups in total. The summed E-state index contributed by atoms with van der Waals surface area (Å²) in [5, 5.41) is 0. The van der Waals surface area contributed by atoms with Crippen LogP contribution in [-0.2, 0) is 18.9 Å². The first-order valence-electron chi connectivity index (χ1n) is 11.0. The molecule has 1 heterocycles. The SMILES string of the molecule is C[C@@H]1O[C@H](OC(=O)c2ccccc2)[C@H](OC(=O)c2ccccc2)[C@H](OC(=O)c2ccccc2)[C@@H]1I. The zero-order chi connectivity index (χ0) is 24.8. The summed E-state index contributed by atoms with van der Waals surface area (Å²) in [5.41, 5.74) is 0.963. The monoisotopic (exact) mass is 586 g/mol. The van der Waals surface area contributed by atoms with Gasteiger partial charge < -0.3 is 18.9 Å². The number of carbonyl (C=O) groups is 3. The van der Waals surface area contributed by atoms with Gasteiger partial charge in [0.15, 0.2) is 6.10 Å². The maximum absolute atomic E-state index is 12.9. The van der Waals surface area contributed by atoms with Crippen LogP contribution in [0.2, 0.25) is 0 Å². The lowest BCUT2D eigenvalue weighted by atomic mass is 10.0. The molecule has 0 spiro atoms. The summed E-state index contributed by atoms with van der Waals surface area (Å²) in [4.78, 5) is 38.6. The van der Waals surface area contributed by atoms with Crippen molar-refractivity contribution in [1.29, 1.82) is 0 Å². The molecular formula is C27H23IO7. The summed E-state index contributed by atoms with van der Waals surface area (Å²) in [6.45, 7) is 1.78. The Labute approximate surface area is 216 Å². The van der Waals surface area contributed by atoms with Gasteiger partial charge in [-0.05, 0) is 43.3 Å². The Morgan fingerprint density at radius 3 is 1.43 bits per heavy atom. The van der Waals surface area contributed by atoms with E-state index in [1.54, 1.807) is 97.9 Å². The second-order valence-corrected chi connectivity index (χ2v) is 9.34. The van der Waals surface area contributed by atoms with E-state index in [-0.39, 0.29) is 3.92 Å². The molecule has 0 radical (unpaired) electrons. The molecule has 0 bridgehead atoms. The standard InChI is InChI=1S/C27H23IO7/c1-17-21(28)22(33-24(29)18-11-5-2-6-12-18)23(34-25(30)19-13-7-3-8-14-19)27(32-17)35-26(31)20-15-9-4-10-16-20/h2-17,21-23,27H,1H3/t17-,21+,22+,23+,27+/m0/s1. The Kier molecular flexibility index (Phi) is 8.14. The molecule has 1 aliphatic heterocycles. The molecule has 3 aromatic carbocycles. The smallest absolute Gasteiger partial charge is 0.340 e. The molecule has 1 saturated heterocycles. The van der Waals surface area contributed by atoms with Crippen molar-refractivity contribution in [3.05, 3.63) is 108 Å². The van der Waals surface area contributed by atoms with E-state index in [1.165, 1.54) is 0 Å². The molecular weight excluding hydrogens is 563 g/mol. The number of rotatable bonds is 6. The van der Waals surface area contributed by atoms with E-state index in [1.807, 2.05) is 0 Å². The molecule has 0 unspecified atom stereocenters. The van der Waals surface area contributed by atoms with Gasteiger partial charge in [0, 0.05) is 0 Å². The van der Waals surface area contributed by atoms with E-state index < -0.39 is 42.5 Å². The minimum Gasteiger partial charge on any atom is -0.453 e. The fourth-order valence-corrected chi connectivity index (χ4v) is 4.32. The number of carbonyl (C=O) groups excluding carboxylic acids is 3. The second kappa shape index (κ2) is 11.5. The first kappa shape index (κ1) is 24.9. The van der Waals surface area contributed by atoms with Crippen LogP contribution >= 0.6 is 22.6 Å². The summed E-state index contributed by atoms with van der Waals surface area (Å²) < 4.78 is 22.8. The van der Waals surface area contributed by atoms with E-state index in [2.05, 4.69) is 22.6 Å². The number of ether oxygens (including phenoxy) is 4. The number of halogens is 1. The fourth-order valence-electron chi connectivity index (χ4n) is 3.60. The van der Waals surface area contributed by atoms with Crippen molar-refractivity contribution in [2.45, 2.75) is 35.5 Å². The van der Waals surface area contributed by atoms with Gasteiger partial charge in [-0.1, -0.05) is 77.2 Å². The number of hydrogen-bond acceptors (Lipinski definition) is 7. The molecule has 1 aliphatic rings. The van der Waals surface area contributed by atoms with Gasteiger partial charge in [-0.15, -0.1) is 0 Å². The molecule has 0 saturated carbocycles. The Morgan fingerprint density at radius 1 is 0.629 bits per heavy atom. The highest BCUT2D eigenvalue weighted by Gasteiger charge is 2.50. The van der Waals surface area contributed by atoms with Crippen molar-refractivity contribution in [3.8, 4) is 0 Å². The van der Waals surface area contributed by atoms with Crippen LogP contribution in [-0.4, -0.2) is 46.4 Å². The minimum atomic E-state index is -1.29. The van der Waals surface area contributed by atoms with Gasteiger partial charge in [-0.25, -0.2) is 14.4 Å². The molecule has 5 atom stereocenters. The molecule has 0 aromatic heterocycles. The van der Waals surface area contributed by atoms with Crippen molar-refractivity contribution >= 4 is 40.5 Å². The quantitative estimate of drug-likeness (QED) is 0.177. The van der Waals surface area contributed by atoms with Crippen molar-refractivity contribution in [2.75, 3.05) is 0 Å². The number of hydrogen-bond donors (Lipinski definition) is 0. The van der Waals surface area contributed by atoms with Crippen molar-refractivity contribution < 1.29 is 33.3 Å². The largest absolute Gasteiger partial charge is 0.453 e. The van der Waals surface area contributed by atoms with E-state index in [0.717, 1.165) is 0 Å². The van der Waals surface area contributed by atoms with Gasteiger partial charge in [0.05, 0.1) is 26.7 Å². The molecule has 4 rings (SSSR count). The lowest BCUT2D eigenvalue weighted by Gasteiger charge is -2.42. The predicted molar refractivity (Wildman–Crippen MR) is 135 cm³/mol. The average Bonchev–Trinajstić information content (AvgIpc) is 2.90. The van der Waals surface area contributed by atoms with Crippen molar-refractivity contribution in [3.63, 3.8) is 0 Å². The molecule has 180 valence electrons. The van der Waals surface area contributed by atoms with Crippen LogP contribution in [0.25, 0.3) is 0 Å². The maximum Gasteiger partial charge on any atom is 0.340 e. The van der Waals surface area contributed by atoms with Crippen LogP contribution in [0.4, 0.5) is 0 Å². The van der Waals surface area contributed by atoms with Crippen LogP contribution in [0.3, 0.4) is 0 Å². The fraction of sp³-hybridized carbons (Fsp3) is 0.222. The normalized spacial score (nSPS) is 23.7. The Morgan fingerprint density at radius 2 is 1.00 bits per heavy atom. The second-order valence-electron chi connectivity index (χ2n) is 7.90. The molecule has 7 nitrogen and oxygen atoms in total. The summed E-state index contributed by atoms with van der Waals surface area (Å²) in [7, 11) is 0. The van der Waals surface area contributed by atoms with Crippen LogP contribution in [0, 0.1) is 0 Å². The van der Waals surface area contributed by atoms with Gasteiger partial charge >= 0.3 is 17.9 Å². The first-order valence-corrected chi connectivity index (χ1v) is 12.3. The summed E-state index contributed by atoms with van der Waals surface area (Å²) in [6.07, 6.45) is -3.89. The molecule has 0 amide bonds. The number of benzene rings is 3. The van der Waals surface area contributed by atoms with Crippen LogP contribution < -0.4 is 0 Å². The molecule has 1 fully saturated rings. The van der Waals surface area contributed by atoms with Crippen molar-refractivity contribution in [1.82, 2.24) is 0 Å². The number of esters is 3. The van der Waals surface area contributed by atoms with Gasteiger partial charge in [-0.3, -0.25) is 0 Å². The van der Waals surface area contributed by atoms with Gasteiger partial charge in [-0.2, -0.15) is 0 Å². The molecule has 3 aromatic rings. The van der Waals surface area contributed by atoms with E-state index >= 15 is 0 Å². The van der Waals surface area contributed by atoms with Crippen LogP contribution in [0.5, 0.6) is 0 Å². The van der Waals surface area contributed by atoms with Gasteiger partial charge in [0.25, 0.3) is 0 Å². The molecule has 0 aliphatic carbocycles. The predicted octanol–water partition coefficient (Wildman–Crippen LogP) is 4.84. The highest BCUT2D eigenvalue weighted by molar-refractivity contribution is 14.1. The van der Waals surface area contributed by atoms with E-state index in [9.17, 15) is 14.4 Å². The third-order valence-electron chi connectivity index (χ3n) is 5.44. The Hall–Kier alpha value is -3.24. The number of alkyl halides is 1.